The number of hydrogen-bond acceptors (Lipinski definition) is 7. The van der Waals surface area contributed by atoms with Crippen LogP contribution in [0.2, 0.25) is 0 Å². The van der Waals surface area contributed by atoms with Gasteiger partial charge in [0, 0.05) is 19.5 Å². The van der Waals surface area contributed by atoms with Gasteiger partial charge in [-0.2, -0.15) is 18.4 Å². The number of ether oxygens (including phenoxy) is 1. The lowest BCUT2D eigenvalue weighted by Gasteiger charge is -2.31. The first kappa shape index (κ1) is 27.1. The third kappa shape index (κ3) is 6.28. The molecule has 0 spiro atoms. The average Bonchev–Trinajstić information content (AvgIpc) is 3.24. The summed E-state index contributed by atoms with van der Waals surface area (Å²) >= 11 is 0. The number of hydrogen-bond donors (Lipinski definition) is 2. The van der Waals surface area contributed by atoms with E-state index in [-0.39, 0.29) is 41.1 Å². The summed E-state index contributed by atoms with van der Waals surface area (Å²) in [6.45, 7) is 3.36. The molecule has 9 nitrogen and oxygen atoms in total. The van der Waals surface area contributed by atoms with Gasteiger partial charge in [0.05, 0.1) is 36.3 Å². The van der Waals surface area contributed by atoms with E-state index in [0.717, 1.165) is 32.0 Å². The fourth-order valence-corrected chi connectivity index (χ4v) is 4.63. The number of piperidine rings is 1. The van der Waals surface area contributed by atoms with E-state index >= 15 is 0 Å². The number of pyridine rings is 1. The second kappa shape index (κ2) is 11.2. The molecule has 0 bridgehead atoms. The summed E-state index contributed by atoms with van der Waals surface area (Å²) in [6.07, 6.45) is -0.823. The number of aryl methyl sites for hydroxylation is 1. The number of nitriles is 1. The maximum Gasteiger partial charge on any atom is 0.419 e. The normalized spacial score (nSPS) is 14.8. The van der Waals surface area contributed by atoms with Crippen LogP contribution in [0.1, 0.15) is 37.4 Å². The van der Waals surface area contributed by atoms with E-state index < -0.39 is 11.7 Å². The average molecular weight is 528 g/mol. The number of carbonyl (C=O) groups excluding carboxylic acids is 1. The molecule has 3 heterocycles. The highest BCUT2D eigenvalue weighted by Gasteiger charge is 2.35. The first-order valence-electron chi connectivity index (χ1n) is 12.2. The van der Waals surface area contributed by atoms with Crippen molar-refractivity contribution in [3.63, 3.8) is 0 Å². The number of halogens is 3. The van der Waals surface area contributed by atoms with Crippen molar-refractivity contribution in [1.29, 1.82) is 10.7 Å². The van der Waals surface area contributed by atoms with Gasteiger partial charge in [0.15, 0.2) is 5.69 Å². The van der Waals surface area contributed by atoms with Gasteiger partial charge in [0.1, 0.15) is 23.2 Å². The highest BCUT2D eigenvalue weighted by molar-refractivity contribution is 5.96. The summed E-state index contributed by atoms with van der Waals surface area (Å²) < 4.78 is 49.1. The molecule has 1 aliphatic heterocycles. The molecule has 200 valence electrons. The van der Waals surface area contributed by atoms with Crippen LogP contribution < -0.4 is 10.1 Å². The molecule has 1 fully saturated rings. The van der Waals surface area contributed by atoms with Gasteiger partial charge in [0.2, 0.25) is 5.91 Å². The Morgan fingerprint density at radius 2 is 2.03 bits per heavy atom. The van der Waals surface area contributed by atoms with Crippen LogP contribution in [-0.2, 0) is 18.0 Å². The third-order valence-electron chi connectivity index (χ3n) is 6.60. The molecule has 3 aromatic rings. The van der Waals surface area contributed by atoms with Crippen molar-refractivity contribution in [2.75, 3.05) is 26.2 Å². The molecule has 38 heavy (non-hydrogen) atoms. The number of likely N-dealkylation sites (tertiary alicyclic amines) is 1. The predicted molar refractivity (Wildman–Crippen MR) is 134 cm³/mol. The SMILES string of the molecule is CC(=O)NC(=N)CN1CCC(CCOc2ccc(-c3cc4c(ncn4C)c(C#N)n3)cc2C(F)(F)F)CC1. The third-order valence-corrected chi connectivity index (χ3v) is 6.60. The zero-order valence-electron chi connectivity index (χ0n) is 21.1. The summed E-state index contributed by atoms with van der Waals surface area (Å²) in [7, 11) is 1.74. The molecule has 0 radical (unpaired) electrons. The van der Waals surface area contributed by atoms with E-state index in [0.29, 0.717) is 29.9 Å². The Kier molecular flexibility index (Phi) is 7.97. The van der Waals surface area contributed by atoms with Gasteiger partial charge in [0.25, 0.3) is 0 Å². The minimum atomic E-state index is -4.64. The molecular formula is C26H28F3N7O2. The summed E-state index contributed by atoms with van der Waals surface area (Å²) in [4.78, 5) is 21.5. The topological polar surface area (TPSA) is 120 Å². The van der Waals surface area contributed by atoms with Crippen molar-refractivity contribution in [1.82, 2.24) is 24.8 Å². The molecule has 2 aromatic heterocycles. The lowest BCUT2D eigenvalue weighted by Crippen LogP contribution is -2.42. The van der Waals surface area contributed by atoms with Gasteiger partial charge in [-0.25, -0.2) is 9.97 Å². The van der Waals surface area contributed by atoms with Crippen LogP contribution in [0.5, 0.6) is 5.75 Å². The van der Waals surface area contributed by atoms with Crippen LogP contribution in [0.3, 0.4) is 0 Å². The number of benzene rings is 1. The lowest BCUT2D eigenvalue weighted by molar-refractivity contribution is -0.139. The van der Waals surface area contributed by atoms with Crippen LogP contribution in [0.15, 0.2) is 30.6 Å². The molecule has 1 amide bonds. The quantitative estimate of drug-likeness (QED) is 0.352. The zero-order chi connectivity index (χ0) is 27.4. The minimum absolute atomic E-state index is 0.0463. The minimum Gasteiger partial charge on any atom is -0.493 e. The van der Waals surface area contributed by atoms with Gasteiger partial charge in [-0.05, 0) is 62.5 Å². The maximum absolute atomic E-state index is 13.9. The Hall–Kier alpha value is -3.98. The number of nitrogens with zero attached hydrogens (tertiary/aromatic N) is 5. The lowest BCUT2D eigenvalue weighted by atomic mass is 9.94. The molecule has 12 heteroatoms. The fourth-order valence-electron chi connectivity index (χ4n) is 4.63. The first-order valence-corrected chi connectivity index (χ1v) is 12.2. The summed E-state index contributed by atoms with van der Waals surface area (Å²) in [5.41, 5.74) is 0.608. The highest BCUT2D eigenvalue weighted by Crippen LogP contribution is 2.39. The zero-order valence-corrected chi connectivity index (χ0v) is 21.1. The number of nitrogens with one attached hydrogen (secondary N) is 2. The fraction of sp³-hybridized carbons (Fsp3) is 0.423. The van der Waals surface area contributed by atoms with Crippen molar-refractivity contribution in [2.45, 2.75) is 32.4 Å². The molecule has 2 N–H and O–H groups in total. The second-order valence-electron chi connectivity index (χ2n) is 9.42. The number of fused-ring (bicyclic) bond motifs is 1. The number of imidazole rings is 1. The standard InChI is InChI=1S/C26H28F3N7O2/c1-16(37)33-24(31)14-36-8-5-17(6-9-36)7-10-38-23-4-3-18(11-19(23)26(27,28)29)20-12-22-25(21(13-30)34-20)32-15-35(22)2/h3-4,11-12,15,17H,5-10,14H2,1-2H3,(H2,31,33,37). The van der Waals surface area contributed by atoms with E-state index in [1.807, 2.05) is 6.07 Å². The molecule has 0 saturated carbocycles. The molecule has 0 unspecified atom stereocenters. The van der Waals surface area contributed by atoms with Gasteiger partial charge in [-0.15, -0.1) is 0 Å². The monoisotopic (exact) mass is 527 g/mol. The molecule has 1 saturated heterocycles. The van der Waals surface area contributed by atoms with Crippen LogP contribution in [0, 0.1) is 22.7 Å². The largest absolute Gasteiger partial charge is 0.493 e. The Morgan fingerprint density at radius 1 is 1.29 bits per heavy atom. The summed E-state index contributed by atoms with van der Waals surface area (Å²) in [6, 6.07) is 7.40. The molecular weight excluding hydrogens is 499 g/mol. The van der Waals surface area contributed by atoms with Crippen LogP contribution >= 0.6 is 0 Å². The second-order valence-corrected chi connectivity index (χ2v) is 9.42. The number of aromatic nitrogens is 3. The molecule has 0 atom stereocenters. The van der Waals surface area contributed by atoms with Gasteiger partial charge >= 0.3 is 6.18 Å². The van der Waals surface area contributed by atoms with Crippen molar-refractivity contribution >= 4 is 22.8 Å². The summed E-state index contributed by atoms with van der Waals surface area (Å²) in [5.74, 6) is -0.0637. The predicted octanol–water partition coefficient (Wildman–Crippen LogP) is 4.12. The number of amides is 1. The Bertz CT molecular complexity index is 1390. The van der Waals surface area contributed by atoms with Crippen molar-refractivity contribution in [2.24, 2.45) is 13.0 Å². The first-order chi connectivity index (χ1) is 18.0. The smallest absolute Gasteiger partial charge is 0.419 e. The van der Waals surface area contributed by atoms with Crippen molar-refractivity contribution in [3.8, 4) is 23.1 Å². The van der Waals surface area contributed by atoms with Crippen molar-refractivity contribution < 1.29 is 22.7 Å². The van der Waals surface area contributed by atoms with E-state index in [1.165, 1.54) is 25.4 Å². The molecule has 4 rings (SSSR count). The number of amidine groups is 1. The van der Waals surface area contributed by atoms with E-state index in [1.54, 1.807) is 17.7 Å². The van der Waals surface area contributed by atoms with Crippen LogP contribution in [0.4, 0.5) is 13.2 Å². The van der Waals surface area contributed by atoms with E-state index in [4.69, 9.17) is 10.1 Å². The number of carbonyl (C=O) groups is 1. The Balaban J connectivity index is 1.42. The van der Waals surface area contributed by atoms with E-state index in [2.05, 4.69) is 20.2 Å². The number of rotatable bonds is 7. The Labute approximate surface area is 217 Å². The van der Waals surface area contributed by atoms with E-state index in [9.17, 15) is 23.2 Å². The summed E-state index contributed by atoms with van der Waals surface area (Å²) in [5, 5.41) is 19.7. The van der Waals surface area contributed by atoms with Gasteiger partial charge in [-0.1, -0.05) is 0 Å². The van der Waals surface area contributed by atoms with Gasteiger partial charge < -0.3 is 14.6 Å². The molecule has 0 aliphatic carbocycles. The van der Waals surface area contributed by atoms with Crippen molar-refractivity contribution in [3.05, 3.63) is 41.9 Å². The highest BCUT2D eigenvalue weighted by atomic mass is 19.4. The molecule has 1 aromatic carbocycles. The van der Waals surface area contributed by atoms with Crippen LogP contribution in [0.25, 0.3) is 22.3 Å². The Morgan fingerprint density at radius 3 is 2.68 bits per heavy atom. The van der Waals surface area contributed by atoms with Gasteiger partial charge in [-0.3, -0.25) is 15.1 Å². The van der Waals surface area contributed by atoms with Crippen LogP contribution in [-0.4, -0.2) is 57.4 Å². The maximum atomic E-state index is 13.9. The number of alkyl halides is 3. The molecule has 1 aliphatic rings.